The first kappa shape index (κ1) is 18.4. The molecule has 8 nitrogen and oxygen atoms in total. The predicted octanol–water partition coefficient (Wildman–Crippen LogP) is 4.28. The molecule has 0 spiro atoms. The van der Waals surface area contributed by atoms with Crippen LogP contribution in [-0.4, -0.2) is 40.4 Å². The van der Waals surface area contributed by atoms with Crippen LogP contribution in [0.25, 0.3) is 34.2 Å². The lowest BCUT2D eigenvalue weighted by Gasteiger charge is -1.99. The van der Waals surface area contributed by atoms with Crippen molar-refractivity contribution in [2.75, 3.05) is 0 Å². The Hall–Kier alpha value is -3.62. The average molecular weight is 435 g/mol. The molecular formula is C20H12Cl2N8. The van der Waals surface area contributed by atoms with Crippen LogP contribution in [0.1, 0.15) is 0 Å². The summed E-state index contributed by atoms with van der Waals surface area (Å²) in [7, 11) is 0. The van der Waals surface area contributed by atoms with Crippen LogP contribution in [0.3, 0.4) is 0 Å². The van der Waals surface area contributed by atoms with Crippen LogP contribution in [0.15, 0.2) is 72.8 Å². The lowest BCUT2D eigenvalue weighted by Crippen LogP contribution is -1.98. The zero-order valence-corrected chi connectivity index (χ0v) is 16.8. The van der Waals surface area contributed by atoms with Crippen LogP contribution >= 0.6 is 23.2 Å². The maximum Gasteiger partial charge on any atom is 0.205 e. The minimum Gasteiger partial charge on any atom is -0.130 e. The average Bonchev–Trinajstić information content (AvgIpc) is 3.45. The van der Waals surface area contributed by atoms with Crippen LogP contribution in [0.2, 0.25) is 10.0 Å². The molecule has 3 aromatic carbocycles. The Morgan fingerprint density at radius 2 is 0.867 bits per heavy atom. The van der Waals surface area contributed by atoms with E-state index in [1.165, 1.54) is 9.59 Å². The second kappa shape index (κ2) is 7.66. The number of tetrazole rings is 2. The van der Waals surface area contributed by atoms with Crippen molar-refractivity contribution in [3.05, 3.63) is 82.8 Å². The van der Waals surface area contributed by atoms with E-state index in [-0.39, 0.29) is 0 Å². The summed E-state index contributed by atoms with van der Waals surface area (Å²) in [6, 6.07) is 22.0. The van der Waals surface area contributed by atoms with Crippen molar-refractivity contribution >= 4 is 23.2 Å². The number of hydrogen-bond donors (Lipinski definition) is 0. The first-order valence-electron chi connectivity index (χ1n) is 8.88. The highest BCUT2D eigenvalue weighted by Gasteiger charge is 2.11. The van der Waals surface area contributed by atoms with E-state index in [0.717, 1.165) is 22.5 Å². The van der Waals surface area contributed by atoms with Gasteiger partial charge >= 0.3 is 0 Å². The second-order valence-electron chi connectivity index (χ2n) is 6.34. The fourth-order valence-corrected chi connectivity index (χ4v) is 3.05. The molecule has 0 N–H and O–H groups in total. The van der Waals surface area contributed by atoms with E-state index in [1.807, 2.05) is 48.5 Å². The van der Waals surface area contributed by atoms with Gasteiger partial charge < -0.3 is 0 Å². The molecule has 10 heteroatoms. The van der Waals surface area contributed by atoms with Gasteiger partial charge in [0.1, 0.15) is 0 Å². The van der Waals surface area contributed by atoms with E-state index in [9.17, 15) is 0 Å². The van der Waals surface area contributed by atoms with Crippen molar-refractivity contribution < 1.29 is 0 Å². The maximum atomic E-state index is 5.92. The highest BCUT2D eigenvalue weighted by molar-refractivity contribution is 6.30. The van der Waals surface area contributed by atoms with Gasteiger partial charge in [0.05, 0.1) is 11.4 Å². The molecule has 0 radical (unpaired) electrons. The number of halogens is 2. The molecule has 0 saturated carbocycles. The maximum absolute atomic E-state index is 5.92. The Morgan fingerprint density at radius 3 is 1.23 bits per heavy atom. The highest BCUT2D eigenvalue weighted by atomic mass is 35.5. The van der Waals surface area contributed by atoms with Crippen LogP contribution in [-0.2, 0) is 0 Å². The Morgan fingerprint density at radius 1 is 0.500 bits per heavy atom. The summed E-state index contributed by atoms with van der Waals surface area (Å²) in [5.41, 5.74) is 3.20. The molecule has 5 rings (SSSR count). The van der Waals surface area contributed by atoms with Gasteiger partial charge in [-0.2, -0.15) is 0 Å². The molecule has 2 heterocycles. The van der Waals surface area contributed by atoms with Gasteiger partial charge in [0, 0.05) is 21.2 Å². The third-order valence-electron chi connectivity index (χ3n) is 4.34. The van der Waals surface area contributed by atoms with Gasteiger partial charge in [-0.3, -0.25) is 0 Å². The first-order valence-corrected chi connectivity index (χ1v) is 9.64. The summed E-state index contributed by atoms with van der Waals surface area (Å²) in [4.78, 5) is 2.91. The van der Waals surface area contributed by atoms with E-state index in [2.05, 4.69) is 30.8 Å². The van der Waals surface area contributed by atoms with Gasteiger partial charge in [-0.1, -0.05) is 47.5 Å². The Kier molecular flexibility index (Phi) is 4.70. The van der Waals surface area contributed by atoms with Crippen molar-refractivity contribution in [3.8, 4) is 34.2 Å². The van der Waals surface area contributed by atoms with E-state index < -0.39 is 0 Å². The van der Waals surface area contributed by atoms with E-state index in [1.54, 1.807) is 24.3 Å². The zero-order valence-electron chi connectivity index (χ0n) is 15.3. The van der Waals surface area contributed by atoms with Gasteiger partial charge in [0.15, 0.2) is 0 Å². The van der Waals surface area contributed by atoms with Gasteiger partial charge in [0.2, 0.25) is 11.6 Å². The molecule has 0 unspecified atom stereocenters. The van der Waals surface area contributed by atoms with Crippen molar-refractivity contribution in [2.24, 2.45) is 0 Å². The highest BCUT2D eigenvalue weighted by Crippen LogP contribution is 2.21. The Balaban J connectivity index is 1.37. The largest absolute Gasteiger partial charge is 0.205 e. The minimum atomic E-state index is 0.509. The van der Waals surface area contributed by atoms with Gasteiger partial charge in [-0.25, -0.2) is 0 Å². The molecule has 2 aromatic heterocycles. The molecule has 0 atom stereocenters. The monoisotopic (exact) mass is 434 g/mol. The molecule has 5 aromatic rings. The summed E-state index contributed by atoms with van der Waals surface area (Å²) in [5.74, 6) is 1.02. The van der Waals surface area contributed by atoms with E-state index in [4.69, 9.17) is 23.2 Å². The molecule has 0 amide bonds. The summed E-state index contributed by atoms with van der Waals surface area (Å²) in [6.07, 6.45) is 0. The van der Waals surface area contributed by atoms with Crippen molar-refractivity contribution in [2.45, 2.75) is 0 Å². The number of rotatable bonds is 4. The van der Waals surface area contributed by atoms with Gasteiger partial charge in [-0.15, -0.1) is 30.0 Å². The van der Waals surface area contributed by atoms with E-state index >= 15 is 0 Å². The van der Waals surface area contributed by atoms with Crippen molar-refractivity contribution in [1.82, 2.24) is 40.4 Å². The minimum absolute atomic E-state index is 0.509. The fourth-order valence-electron chi connectivity index (χ4n) is 2.80. The number of nitrogens with zero attached hydrogens (tertiary/aromatic N) is 8. The summed E-state index contributed by atoms with van der Waals surface area (Å²) in [5, 5.41) is 26.6. The predicted molar refractivity (Wildman–Crippen MR) is 113 cm³/mol. The molecule has 0 aliphatic heterocycles. The number of benzene rings is 3. The molecule has 0 saturated heterocycles. The molecule has 146 valence electrons. The summed E-state index contributed by atoms with van der Waals surface area (Å²) >= 11 is 11.8. The van der Waals surface area contributed by atoms with E-state index in [0.29, 0.717) is 21.7 Å². The molecule has 0 aliphatic carbocycles. The zero-order chi connectivity index (χ0) is 20.5. The van der Waals surface area contributed by atoms with Crippen LogP contribution < -0.4 is 0 Å². The van der Waals surface area contributed by atoms with Crippen LogP contribution in [0, 0.1) is 0 Å². The Bertz CT molecular complexity index is 1190. The van der Waals surface area contributed by atoms with Crippen molar-refractivity contribution in [3.63, 3.8) is 0 Å². The third kappa shape index (κ3) is 3.66. The lowest BCUT2D eigenvalue weighted by atomic mass is 10.1. The summed E-state index contributed by atoms with van der Waals surface area (Å²) < 4.78 is 0. The lowest BCUT2D eigenvalue weighted by molar-refractivity contribution is 0.720. The first-order chi connectivity index (χ1) is 14.7. The fraction of sp³-hybridized carbons (Fsp3) is 0. The quantitative estimate of drug-likeness (QED) is 0.419. The van der Waals surface area contributed by atoms with Gasteiger partial charge in [0.25, 0.3) is 0 Å². The molecule has 0 fully saturated rings. The Labute approximate surface area is 180 Å². The van der Waals surface area contributed by atoms with Gasteiger partial charge in [-0.05, 0) is 59.0 Å². The molecular weight excluding hydrogens is 423 g/mol. The number of hydrogen-bond acceptors (Lipinski definition) is 6. The van der Waals surface area contributed by atoms with Crippen LogP contribution in [0.5, 0.6) is 0 Å². The summed E-state index contributed by atoms with van der Waals surface area (Å²) in [6.45, 7) is 0. The topological polar surface area (TPSA) is 87.2 Å². The van der Waals surface area contributed by atoms with Crippen molar-refractivity contribution in [1.29, 1.82) is 0 Å². The second-order valence-corrected chi connectivity index (χ2v) is 7.21. The SMILES string of the molecule is Clc1ccc(-n2nnc(-c3ccc(-c4nnn(-c5ccc(Cl)cc5)n4)cc3)n2)cc1. The van der Waals surface area contributed by atoms with Crippen LogP contribution in [0.4, 0.5) is 0 Å². The molecule has 0 aliphatic rings. The molecule has 0 bridgehead atoms. The standard InChI is InChI=1S/C20H12Cl2N8/c21-15-5-9-17(10-6-15)29-25-19(23-27-29)13-1-2-14(4-3-13)20-24-28-30(26-20)18-11-7-16(22)8-12-18/h1-12H. The number of aromatic nitrogens is 8. The normalized spacial score (nSPS) is 11.0. The molecule has 30 heavy (non-hydrogen) atoms. The third-order valence-corrected chi connectivity index (χ3v) is 4.85. The smallest absolute Gasteiger partial charge is 0.130 e.